The lowest BCUT2D eigenvalue weighted by Gasteiger charge is -2.09. The van der Waals surface area contributed by atoms with Crippen molar-refractivity contribution >= 4 is 6.21 Å². The standard InChI is InChI=1S/C12H14FN3/c1-9(16-12(15)11(13)8-14)7-10-5-3-2-4-6-10/h2-6,8,14,16H,1,7,15H2/b12-11-,14-8?. The van der Waals surface area contributed by atoms with Gasteiger partial charge in [-0.2, -0.15) is 0 Å². The van der Waals surface area contributed by atoms with Gasteiger partial charge in [0.2, 0.25) is 0 Å². The van der Waals surface area contributed by atoms with Crippen molar-refractivity contribution in [3.63, 3.8) is 0 Å². The van der Waals surface area contributed by atoms with Gasteiger partial charge in [0.1, 0.15) is 5.82 Å². The molecule has 0 heterocycles. The summed E-state index contributed by atoms with van der Waals surface area (Å²) in [5, 5.41) is 9.31. The summed E-state index contributed by atoms with van der Waals surface area (Å²) in [5.74, 6) is -0.981. The molecular weight excluding hydrogens is 205 g/mol. The minimum Gasteiger partial charge on any atom is -0.383 e. The fraction of sp³-hybridized carbons (Fsp3) is 0.0833. The molecule has 0 aromatic heterocycles. The molecule has 0 fully saturated rings. The molecule has 0 radical (unpaired) electrons. The first-order valence-corrected chi connectivity index (χ1v) is 4.78. The number of hydrogen-bond donors (Lipinski definition) is 3. The summed E-state index contributed by atoms with van der Waals surface area (Å²) >= 11 is 0. The minimum absolute atomic E-state index is 0.184. The van der Waals surface area contributed by atoms with Gasteiger partial charge in [0, 0.05) is 12.1 Å². The van der Waals surface area contributed by atoms with Gasteiger partial charge in [-0.05, 0) is 5.56 Å². The predicted molar refractivity (Wildman–Crippen MR) is 63.5 cm³/mol. The van der Waals surface area contributed by atoms with E-state index >= 15 is 0 Å². The molecule has 0 unspecified atom stereocenters. The SMILES string of the molecule is C=C(Cc1ccccc1)N/C(N)=C(\F)C=N. The van der Waals surface area contributed by atoms with E-state index in [-0.39, 0.29) is 5.82 Å². The van der Waals surface area contributed by atoms with Gasteiger partial charge in [-0.15, -0.1) is 0 Å². The second kappa shape index (κ2) is 5.70. The molecule has 3 nitrogen and oxygen atoms in total. The van der Waals surface area contributed by atoms with Gasteiger partial charge >= 0.3 is 0 Å². The summed E-state index contributed by atoms with van der Waals surface area (Å²) in [6, 6.07) is 9.64. The van der Waals surface area contributed by atoms with Crippen LogP contribution >= 0.6 is 0 Å². The van der Waals surface area contributed by atoms with Crippen molar-refractivity contribution < 1.29 is 4.39 Å². The lowest BCUT2D eigenvalue weighted by molar-refractivity contribution is 0.654. The van der Waals surface area contributed by atoms with Crippen LogP contribution in [0.4, 0.5) is 4.39 Å². The van der Waals surface area contributed by atoms with Crippen LogP contribution in [0.3, 0.4) is 0 Å². The molecule has 1 aromatic rings. The highest BCUT2D eigenvalue weighted by molar-refractivity contribution is 5.73. The third-order valence-corrected chi connectivity index (χ3v) is 1.96. The van der Waals surface area contributed by atoms with Crippen LogP contribution in [0.15, 0.2) is 54.3 Å². The van der Waals surface area contributed by atoms with Crippen LogP contribution in [0.1, 0.15) is 5.56 Å². The average Bonchev–Trinajstić information content (AvgIpc) is 2.29. The van der Waals surface area contributed by atoms with Crippen molar-refractivity contribution in [3.8, 4) is 0 Å². The zero-order valence-electron chi connectivity index (χ0n) is 8.83. The average molecular weight is 219 g/mol. The second-order valence-corrected chi connectivity index (χ2v) is 3.30. The first-order valence-electron chi connectivity index (χ1n) is 4.78. The number of halogens is 1. The highest BCUT2D eigenvalue weighted by Gasteiger charge is 2.01. The molecule has 0 saturated heterocycles. The Labute approximate surface area is 94.0 Å². The van der Waals surface area contributed by atoms with Gasteiger partial charge in [-0.1, -0.05) is 36.9 Å². The minimum atomic E-state index is -0.797. The molecule has 0 aliphatic rings. The van der Waals surface area contributed by atoms with Crippen LogP contribution in [0.25, 0.3) is 0 Å². The van der Waals surface area contributed by atoms with Gasteiger partial charge in [0.05, 0.1) is 6.21 Å². The first-order chi connectivity index (χ1) is 7.63. The summed E-state index contributed by atoms with van der Waals surface area (Å²) in [6.45, 7) is 3.74. The maximum atomic E-state index is 12.8. The van der Waals surface area contributed by atoms with Crippen LogP contribution in [-0.4, -0.2) is 6.21 Å². The molecule has 0 amide bonds. The Balaban J connectivity index is 2.58. The molecule has 4 heteroatoms. The largest absolute Gasteiger partial charge is 0.383 e. The van der Waals surface area contributed by atoms with E-state index in [0.717, 1.165) is 5.56 Å². The van der Waals surface area contributed by atoms with Crippen molar-refractivity contribution in [1.29, 1.82) is 5.41 Å². The number of allylic oxidation sites excluding steroid dienone is 2. The molecule has 84 valence electrons. The monoisotopic (exact) mass is 219 g/mol. The summed E-state index contributed by atoms with van der Waals surface area (Å²) in [7, 11) is 0. The lowest BCUT2D eigenvalue weighted by atomic mass is 10.1. The fourth-order valence-electron chi connectivity index (χ4n) is 1.21. The van der Waals surface area contributed by atoms with E-state index < -0.39 is 5.83 Å². The van der Waals surface area contributed by atoms with Crippen LogP contribution in [0.2, 0.25) is 0 Å². The highest BCUT2D eigenvalue weighted by atomic mass is 19.1. The molecule has 1 aromatic carbocycles. The zero-order valence-corrected chi connectivity index (χ0v) is 8.83. The zero-order chi connectivity index (χ0) is 12.0. The number of rotatable bonds is 5. The van der Waals surface area contributed by atoms with Gasteiger partial charge < -0.3 is 16.5 Å². The summed E-state index contributed by atoms with van der Waals surface area (Å²) in [5.41, 5.74) is 7.01. The maximum absolute atomic E-state index is 12.8. The molecule has 0 aliphatic carbocycles. The summed E-state index contributed by atoms with van der Waals surface area (Å²) < 4.78 is 12.8. The Bertz CT molecular complexity index is 410. The molecule has 0 aliphatic heterocycles. The van der Waals surface area contributed by atoms with E-state index in [2.05, 4.69) is 11.9 Å². The quantitative estimate of drug-likeness (QED) is 0.664. The van der Waals surface area contributed by atoms with E-state index in [1.54, 1.807) is 0 Å². The van der Waals surface area contributed by atoms with Crippen molar-refractivity contribution in [3.05, 3.63) is 59.8 Å². The van der Waals surface area contributed by atoms with Crippen LogP contribution in [-0.2, 0) is 6.42 Å². The van der Waals surface area contributed by atoms with Gasteiger partial charge in [0.15, 0.2) is 5.83 Å². The first kappa shape index (κ1) is 12.0. The van der Waals surface area contributed by atoms with Gasteiger partial charge in [-0.25, -0.2) is 4.39 Å². The fourth-order valence-corrected chi connectivity index (χ4v) is 1.21. The van der Waals surface area contributed by atoms with E-state index in [1.165, 1.54) is 0 Å². The maximum Gasteiger partial charge on any atom is 0.180 e. The normalized spacial score (nSPS) is 11.6. The molecule has 16 heavy (non-hydrogen) atoms. The lowest BCUT2D eigenvalue weighted by Crippen LogP contribution is -2.21. The molecule has 0 atom stereocenters. The van der Waals surface area contributed by atoms with Crippen molar-refractivity contribution in [2.45, 2.75) is 6.42 Å². The Morgan fingerprint density at radius 3 is 2.62 bits per heavy atom. The highest BCUT2D eigenvalue weighted by Crippen LogP contribution is 2.05. The molecular formula is C12H14FN3. The van der Waals surface area contributed by atoms with Gasteiger partial charge in [-0.3, -0.25) is 0 Å². The van der Waals surface area contributed by atoms with Crippen molar-refractivity contribution in [2.24, 2.45) is 5.73 Å². The number of hydrogen-bond acceptors (Lipinski definition) is 3. The van der Waals surface area contributed by atoms with Crippen molar-refractivity contribution in [2.75, 3.05) is 0 Å². The Kier molecular flexibility index (Phi) is 4.27. The van der Waals surface area contributed by atoms with Crippen LogP contribution < -0.4 is 11.1 Å². The Morgan fingerprint density at radius 1 is 1.44 bits per heavy atom. The Hall–Kier alpha value is -2.10. The smallest absolute Gasteiger partial charge is 0.180 e. The number of nitrogens with two attached hydrogens (primary N) is 1. The van der Waals surface area contributed by atoms with Crippen LogP contribution in [0.5, 0.6) is 0 Å². The van der Waals surface area contributed by atoms with Crippen molar-refractivity contribution in [1.82, 2.24) is 5.32 Å². The number of nitrogens with one attached hydrogen (secondary N) is 2. The summed E-state index contributed by atoms with van der Waals surface area (Å²) in [4.78, 5) is 0. The predicted octanol–water partition coefficient (Wildman–Crippen LogP) is 2.08. The molecule has 0 bridgehead atoms. The molecule has 0 spiro atoms. The third-order valence-electron chi connectivity index (χ3n) is 1.96. The van der Waals surface area contributed by atoms with E-state index in [4.69, 9.17) is 11.1 Å². The van der Waals surface area contributed by atoms with Crippen LogP contribution in [0, 0.1) is 5.41 Å². The molecule has 0 saturated carbocycles. The molecule has 1 rings (SSSR count). The second-order valence-electron chi connectivity index (χ2n) is 3.30. The van der Waals surface area contributed by atoms with Gasteiger partial charge in [0.25, 0.3) is 0 Å². The molecule has 4 N–H and O–H groups in total. The van der Waals surface area contributed by atoms with E-state index in [9.17, 15) is 4.39 Å². The Morgan fingerprint density at radius 2 is 2.06 bits per heavy atom. The summed E-state index contributed by atoms with van der Waals surface area (Å²) in [6.07, 6.45) is 1.12. The van der Waals surface area contributed by atoms with E-state index in [0.29, 0.717) is 18.3 Å². The van der Waals surface area contributed by atoms with E-state index in [1.807, 2.05) is 30.3 Å². The topological polar surface area (TPSA) is 61.9 Å². The number of benzene rings is 1. The third kappa shape index (κ3) is 3.57.